The molecule has 2 heterocycles. The van der Waals surface area contributed by atoms with Gasteiger partial charge in [0.1, 0.15) is 0 Å². The smallest absolute Gasteiger partial charge is 0.262 e. The molecule has 0 aliphatic carbocycles. The van der Waals surface area contributed by atoms with E-state index in [9.17, 15) is 9.59 Å². The van der Waals surface area contributed by atoms with Crippen molar-refractivity contribution >= 4 is 28.6 Å². The van der Waals surface area contributed by atoms with Gasteiger partial charge in [0.15, 0.2) is 16.7 Å². The van der Waals surface area contributed by atoms with E-state index < -0.39 is 0 Å². The van der Waals surface area contributed by atoms with Crippen molar-refractivity contribution in [2.75, 3.05) is 27.1 Å². The number of thioether (sulfide) groups is 1. The number of fused-ring (bicyclic) bond motifs is 2. The van der Waals surface area contributed by atoms with Gasteiger partial charge in [-0.2, -0.15) is 0 Å². The number of aryl methyl sites for hydroxylation is 1. The highest BCUT2D eigenvalue weighted by atomic mass is 32.2. The van der Waals surface area contributed by atoms with Gasteiger partial charge in [-0.3, -0.25) is 14.2 Å². The summed E-state index contributed by atoms with van der Waals surface area (Å²) in [5.74, 6) is 1.01. The molecule has 3 aromatic rings. The van der Waals surface area contributed by atoms with Gasteiger partial charge in [-0.05, 0) is 24.5 Å². The van der Waals surface area contributed by atoms with E-state index in [1.54, 1.807) is 23.8 Å². The topological polar surface area (TPSA) is 91.7 Å². The largest absolute Gasteiger partial charge is 0.454 e. The van der Waals surface area contributed by atoms with Crippen molar-refractivity contribution in [2.24, 2.45) is 0 Å². The van der Waals surface area contributed by atoms with Crippen LogP contribution in [-0.2, 0) is 22.5 Å². The molecule has 1 aliphatic rings. The Labute approximate surface area is 196 Å². The van der Waals surface area contributed by atoms with Gasteiger partial charge in [0.05, 0.1) is 22.8 Å². The average Bonchev–Trinajstić information content (AvgIpc) is 3.29. The molecule has 0 saturated heterocycles. The third-order valence-corrected chi connectivity index (χ3v) is 6.75. The first-order valence-electron chi connectivity index (χ1n) is 10.9. The molecule has 1 atom stereocenters. The van der Waals surface area contributed by atoms with E-state index in [1.807, 2.05) is 37.3 Å². The summed E-state index contributed by atoms with van der Waals surface area (Å²) in [4.78, 5) is 31.0. The van der Waals surface area contributed by atoms with Crippen LogP contribution in [0.4, 0.5) is 0 Å². The monoisotopic (exact) mass is 469 g/mol. The van der Waals surface area contributed by atoms with Gasteiger partial charge in [-0.15, -0.1) is 0 Å². The molecule has 0 unspecified atom stereocenters. The molecule has 0 fully saturated rings. The van der Waals surface area contributed by atoms with Crippen molar-refractivity contribution in [3.05, 3.63) is 58.4 Å². The first-order chi connectivity index (χ1) is 16.1. The molecule has 1 aromatic heterocycles. The highest BCUT2D eigenvalue weighted by Gasteiger charge is 2.23. The summed E-state index contributed by atoms with van der Waals surface area (Å²) in [7, 11) is 1.59. The molecule has 2 aromatic carbocycles. The zero-order valence-corrected chi connectivity index (χ0v) is 19.5. The predicted molar refractivity (Wildman–Crippen MR) is 127 cm³/mol. The summed E-state index contributed by atoms with van der Waals surface area (Å²) in [6.45, 7) is 3.39. The number of carbonyl (C=O) groups is 1. The third-order valence-electron chi connectivity index (χ3n) is 5.40. The Morgan fingerprint density at radius 2 is 2.00 bits per heavy atom. The first kappa shape index (κ1) is 23.1. The molecule has 8 nitrogen and oxygen atoms in total. The Bertz CT molecular complexity index is 1180. The molecular weight excluding hydrogens is 442 g/mol. The summed E-state index contributed by atoms with van der Waals surface area (Å²) in [6, 6.07) is 13.4. The van der Waals surface area contributed by atoms with Gasteiger partial charge < -0.3 is 19.5 Å². The highest BCUT2D eigenvalue weighted by molar-refractivity contribution is 8.00. The lowest BCUT2D eigenvalue weighted by atomic mass is 10.1. The first-order valence-corrected chi connectivity index (χ1v) is 11.8. The maximum absolute atomic E-state index is 13.5. The van der Waals surface area contributed by atoms with Crippen LogP contribution in [0.1, 0.15) is 18.9 Å². The van der Waals surface area contributed by atoms with Crippen LogP contribution in [0.3, 0.4) is 0 Å². The summed E-state index contributed by atoms with van der Waals surface area (Å²) in [5.41, 5.74) is 1.49. The average molecular weight is 470 g/mol. The second kappa shape index (κ2) is 10.7. The van der Waals surface area contributed by atoms with Crippen molar-refractivity contribution in [1.29, 1.82) is 0 Å². The van der Waals surface area contributed by atoms with E-state index in [1.165, 1.54) is 11.8 Å². The molecule has 0 spiro atoms. The Morgan fingerprint density at radius 3 is 2.73 bits per heavy atom. The minimum Gasteiger partial charge on any atom is -0.454 e. The van der Waals surface area contributed by atoms with Crippen LogP contribution >= 0.6 is 11.8 Å². The van der Waals surface area contributed by atoms with Crippen LogP contribution in [0.25, 0.3) is 10.9 Å². The van der Waals surface area contributed by atoms with Gasteiger partial charge in [0, 0.05) is 26.3 Å². The number of nitrogens with one attached hydrogen (secondary N) is 1. The maximum Gasteiger partial charge on any atom is 0.262 e. The number of methoxy groups -OCH3 is 1. The van der Waals surface area contributed by atoms with E-state index >= 15 is 0 Å². The van der Waals surface area contributed by atoms with E-state index in [0.717, 1.165) is 5.56 Å². The fourth-order valence-electron chi connectivity index (χ4n) is 3.60. The Balaban J connectivity index is 1.69. The van der Waals surface area contributed by atoms with Crippen LogP contribution in [0.2, 0.25) is 0 Å². The summed E-state index contributed by atoms with van der Waals surface area (Å²) in [5, 5.41) is 3.47. The minimum absolute atomic E-state index is 0.103. The van der Waals surface area contributed by atoms with E-state index in [0.29, 0.717) is 60.1 Å². The molecule has 33 heavy (non-hydrogen) atoms. The lowest BCUT2D eigenvalue weighted by molar-refractivity contribution is -0.120. The fraction of sp³-hybridized carbons (Fsp3) is 0.375. The van der Waals surface area contributed by atoms with Gasteiger partial charge in [0.25, 0.3) is 5.56 Å². The molecule has 0 radical (unpaired) electrons. The summed E-state index contributed by atoms with van der Waals surface area (Å²) in [6.07, 6.45) is 1.26. The molecule has 1 aliphatic heterocycles. The molecular formula is C24H27N3O5S. The fourth-order valence-corrected chi connectivity index (χ4v) is 4.67. The van der Waals surface area contributed by atoms with Crippen LogP contribution in [0.5, 0.6) is 11.5 Å². The molecule has 4 rings (SSSR count). The van der Waals surface area contributed by atoms with Crippen molar-refractivity contribution < 1.29 is 19.0 Å². The van der Waals surface area contributed by atoms with Gasteiger partial charge >= 0.3 is 0 Å². The Kier molecular flexibility index (Phi) is 7.51. The van der Waals surface area contributed by atoms with Crippen molar-refractivity contribution in [2.45, 2.75) is 36.7 Å². The maximum atomic E-state index is 13.5. The van der Waals surface area contributed by atoms with Crippen LogP contribution in [0, 0.1) is 0 Å². The lowest BCUT2D eigenvalue weighted by Crippen LogP contribution is -2.35. The summed E-state index contributed by atoms with van der Waals surface area (Å²) >= 11 is 1.31. The molecule has 9 heteroatoms. The van der Waals surface area contributed by atoms with Crippen LogP contribution in [0.15, 0.2) is 52.4 Å². The van der Waals surface area contributed by atoms with Crippen molar-refractivity contribution in [1.82, 2.24) is 14.9 Å². The number of aromatic nitrogens is 2. The van der Waals surface area contributed by atoms with Gasteiger partial charge in [-0.1, -0.05) is 49.0 Å². The minimum atomic E-state index is -0.386. The number of amides is 1. The zero-order valence-electron chi connectivity index (χ0n) is 18.7. The number of hydrogen-bond donors (Lipinski definition) is 1. The molecule has 1 amide bonds. The SMILES string of the molecule is CC[C@H](Sc1nc2cc3c(cc2c(=O)n1CCc1ccccc1)OCO3)C(=O)NCCOC. The Hall–Kier alpha value is -3.04. The molecule has 0 saturated carbocycles. The van der Waals surface area contributed by atoms with Crippen LogP contribution < -0.4 is 20.3 Å². The standard InChI is InChI=1S/C24H27N3O5S/c1-3-21(22(28)25-10-12-30-2)33-24-26-18-14-20-19(31-15-32-20)13-17(18)23(29)27(24)11-9-16-7-5-4-6-8-16/h4-8,13-14,21H,3,9-12,15H2,1-2H3,(H,25,28)/t21-/m0/s1. The lowest BCUT2D eigenvalue weighted by Gasteiger charge is -2.18. The van der Waals surface area contributed by atoms with Crippen molar-refractivity contribution in [3.8, 4) is 11.5 Å². The number of nitrogens with zero attached hydrogens (tertiary/aromatic N) is 2. The number of benzene rings is 2. The second-order valence-corrected chi connectivity index (χ2v) is 8.78. The Morgan fingerprint density at radius 1 is 1.24 bits per heavy atom. The third kappa shape index (κ3) is 5.31. The van der Waals surface area contributed by atoms with Crippen LogP contribution in [-0.4, -0.2) is 47.8 Å². The molecule has 174 valence electrons. The molecule has 1 N–H and O–H groups in total. The number of carbonyl (C=O) groups excluding carboxylic acids is 1. The van der Waals surface area contributed by atoms with Gasteiger partial charge in [0.2, 0.25) is 12.7 Å². The highest BCUT2D eigenvalue weighted by Crippen LogP contribution is 2.35. The summed E-state index contributed by atoms with van der Waals surface area (Å²) < 4.78 is 17.6. The van der Waals surface area contributed by atoms with E-state index in [2.05, 4.69) is 5.32 Å². The van der Waals surface area contributed by atoms with Crippen molar-refractivity contribution in [3.63, 3.8) is 0 Å². The quantitative estimate of drug-likeness (QED) is 0.277. The van der Waals surface area contributed by atoms with E-state index in [4.69, 9.17) is 19.2 Å². The molecule has 0 bridgehead atoms. The number of ether oxygens (including phenoxy) is 3. The number of hydrogen-bond acceptors (Lipinski definition) is 7. The normalized spacial score (nSPS) is 13.3. The van der Waals surface area contributed by atoms with Gasteiger partial charge in [-0.25, -0.2) is 4.98 Å². The zero-order chi connectivity index (χ0) is 23.2. The second-order valence-electron chi connectivity index (χ2n) is 7.61. The number of rotatable bonds is 10. The van der Waals surface area contributed by atoms with E-state index in [-0.39, 0.29) is 23.5 Å². The predicted octanol–water partition coefficient (Wildman–Crippen LogP) is 3.00.